The standard InChI is InChI=1S/C13H17N3O/c1-2-9-4-3-5-10-12(9)13(17)15-11-8-14-6-7-16(10)11/h3-5,11,14H,2,6-8H2,1H3,(H,15,17)/t11-/m1/s1. The molecule has 2 heterocycles. The molecule has 4 heteroatoms. The van der Waals surface area contributed by atoms with Gasteiger partial charge in [-0.3, -0.25) is 4.79 Å². The summed E-state index contributed by atoms with van der Waals surface area (Å²) in [5.74, 6) is 0.0717. The molecule has 1 amide bonds. The van der Waals surface area contributed by atoms with Crippen molar-refractivity contribution in [1.29, 1.82) is 0 Å². The summed E-state index contributed by atoms with van der Waals surface area (Å²) in [6.07, 6.45) is 1.00. The van der Waals surface area contributed by atoms with E-state index in [2.05, 4.69) is 34.6 Å². The van der Waals surface area contributed by atoms with Crippen LogP contribution in [0.5, 0.6) is 0 Å². The van der Waals surface area contributed by atoms with Gasteiger partial charge in [0.2, 0.25) is 0 Å². The Morgan fingerprint density at radius 3 is 3.18 bits per heavy atom. The molecule has 1 aromatic carbocycles. The van der Waals surface area contributed by atoms with Gasteiger partial charge in [-0.25, -0.2) is 0 Å². The summed E-state index contributed by atoms with van der Waals surface area (Å²) in [6.45, 7) is 4.83. The van der Waals surface area contributed by atoms with Crippen LogP contribution in [0.4, 0.5) is 5.69 Å². The highest BCUT2D eigenvalue weighted by atomic mass is 16.2. The molecule has 0 aromatic heterocycles. The fourth-order valence-electron chi connectivity index (χ4n) is 2.73. The molecule has 2 N–H and O–H groups in total. The van der Waals surface area contributed by atoms with Crippen LogP contribution in [0.25, 0.3) is 0 Å². The Hall–Kier alpha value is -1.55. The zero-order valence-electron chi connectivity index (χ0n) is 9.99. The molecule has 3 rings (SSSR count). The maximum atomic E-state index is 12.2. The number of benzene rings is 1. The highest BCUT2D eigenvalue weighted by molar-refractivity contribution is 6.03. The molecule has 0 spiro atoms. The third kappa shape index (κ3) is 1.60. The first kappa shape index (κ1) is 10.6. The fraction of sp³-hybridized carbons (Fsp3) is 0.462. The summed E-state index contributed by atoms with van der Waals surface area (Å²) in [6, 6.07) is 6.15. The number of nitrogens with one attached hydrogen (secondary N) is 2. The second-order valence-corrected chi connectivity index (χ2v) is 4.55. The molecule has 1 fully saturated rings. The van der Waals surface area contributed by atoms with Gasteiger partial charge in [0.25, 0.3) is 5.91 Å². The third-order valence-electron chi connectivity index (χ3n) is 3.59. The van der Waals surface area contributed by atoms with Gasteiger partial charge in [-0.1, -0.05) is 19.1 Å². The number of amides is 1. The lowest BCUT2D eigenvalue weighted by Gasteiger charge is -2.42. The van der Waals surface area contributed by atoms with Crippen molar-refractivity contribution in [3.05, 3.63) is 29.3 Å². The molecule has 17 heavy (non-hydrogen) atoms. The summed E-state index contributed by atoms with van der Waals surface area (Å²) >= 11 is 0. The van der Waals surface area contributed by atoms with Crippen molar-refractivity contribution < 1.29 is 4.79 Å². The molecule has 1 atom stereocenters. The van der Waals surface area contributed by atoms with Crippen LogP contribution in [0.3, 0.4) is 0 Å². The number of carbonyl (C=O) groups excluding carboxylic acids is 1. The van der Waals surface area contributed by atoms with E-state index in [0.717, 1.165) is 42.9 Å². The molecule has 0 radical (unpaired) electrons. The number of nitrogens with zero attached hydrogens (tertiary/aromatic N) is 1. The van der Waals surface area contributed by atoms with Gasteiger partial charge in [-0.2, -0.15) is 0 Å². The molecule has 0 aliphatic carbocycles. The van der Waals surface area contributed by atoms with Crippen molar-refractivity contribution in [2.24, 2.45) is 0 Å². The van der Waals surface area contributed by atoms with Crippen molar-refractivity contribution in [2.75, 3.05) is 24.5 Å². The minimum absolute atomic E-state index is 0.0717. The van der Waals surface area contributed by atoms with E-state index in [-0.39, 0.29) is 12.1 Å². The van der Waals surface area contributed by atoms with E-state index in [1.807, 2.05) is 6.07 Å². The molecule has 2 aliphatic heterocycles. The molecular formula is C13H17N3O. The normalized spacial score (nSPS) is 22.8. The SMILES string of the molecule is CCc1cccc2c1C(=O)N[C@H]1CNCCN21. The summed E-state index contributed by atoms with van der Waals surface area (Å²) in [4.78, 5) is 14.5. The molecule has 2 aliphatic rings. The Morgan fingerprint density at radius 2 is 2.35 bits per heavy atom. The lowest BCUT2D eigenvalue weighted by Crippen LogP contribution is -2.62. The predicted molar refractivity (Wildman–Crippen MR) is 67.3 cm³/mol. The Labute approximate surface area is 101 Å². The predicted octanol–water partition coefficient (Wildman–Crippen LogP) is 0.728. The first-order valence-electron chi connectivity index (χ1n) is 6.21. The number of piperazine rings is 1. The van der Waals surface area contributed by atoms with Gasteiger partial charge >= 0.3 is 0 Å². The Bertz CT molecular complexity index is 458. The molecule has 90 valence electrons. The molecule has 0 bridgehead atoms. The minimum Gasteiger partial charge on any atom is -0.348 e. The van der Waals surface area contributed by atoms with Gasteiger partial charge in [0.05, 0.1) is 11.3 Å². The van der Waals surface area contributed by atoms with Crippen molar-refractivity contribution in [3.8, 4) is 0 Å². The zero-order valence-corrected chi connectivity index (χ0v) is 9.99. The van der Waals surface area contributed by atoms with Crippen LogP contribution < -0.4 is 15.5 Å². The van der Waals surface area contributed by atoms with Gasteiger partial charge in [-0.15, -0.1) is 0 Å². The smallest absolute Gasteiger partial charge is 0.255 e. The van der Waals surface area contributed by atoms with E-state index in [1.54, 1.807) is 0 Å². The molecule has 0 unspecified atom stereocenters. The van der Waals surface area contributed by atoms with Crippen molar-refractivity contribution in [3.63, 3.8) is 0 Å². The maximum Gasteiger partial charge on any atom is 0.255 e. The summed E-state index contributed by atoms with van der Waals surface area (Å²) < 4.78 is 0. The van der Waals surface area contributed by atoms with Crippen LogP contribution in [-0.2, 0) is 6.42 Å². The number of aryl methyl sites for hydroxylation is 1. The van der Waals surface area contributed by atoms with E-state index in [4.69, 9.17) is 0 Å². The lowest BCUT2D eigenvalue weighted by atomic mass is 9.98. The van der Waals surface area contributed by atoms with Crippen LogP contribution in [0.1, 0.15) is 22.8 Å². The van der Waals surface area contributed by atoms with Crippen molar-refractivity contribution in [1.82, 2.24) is 10.6 Å². The third-order valence-corrected chi connectivity index (χ3v) is 3.59. The Kier molecular flexibility index (Phi) is 2.52. The summed E-state index contributed by atoms with van der Waals surface area (Å²) in [5.41, 5.74) is 3.10. The first-order valence-corrected chi connectivity index (χ1v) is 6.21. The highest BCUT2D eigenvalue weighted by Crippen LogP contribution is 2.29. The Balaban J connectivity index is 2.10. The lowest BCUT2D eigenvalue weighted by molar-refractivity contribution is 0.0922. The van der Waals surface area contributed by atoms with E-state index >= 15 is 0 Å². The Morgan fingerprint density at radius 1 is 1.47 bits per heavy atom. The number of hydrogen-bond donors (Lipinski definition) is 2. The average molecular weight is 231 g/mol. The van der Waals surface area contributed by atoms with Crippen molar-refractivity contribution >= 4 is 11.6 Å². The van der Waals surface area contributed by atoms with Crippen LogP contribution in [-0.4, -0.2) is 31.7 Å². The van der Waals surface area contributed by atoms with Crippen molar-refractivity contribution in [2.45, 2.75) is 19.5 Å². The molecular weight excluding hydrogens is 214 g/mol. The van der Waals surface area contributed by atoms with E-state index in [1.165, 1.54) is 0 Å². The van der Waals surface area contributed by atoms with Gasteiger partial charge in [0.15, 0.2) is 0 Å². The highest BCUT2D eigenvalue weighted by Gasteiger charge is 2.33. The van der Waals surface area contributed by atoms with Gasteiger partial charge in [0.1, 0.15) is 6.17 Å². The number of fused-ring (bicyclic) bond motifs is 3. The first-order chi connectivity index (χ1) is 8.31. The van der Waals surface area contributed by atoms with Gasteiger partial charge in [0, 0.05) is 19.6 Å². The largest absolute Gasteiger partial charge is 0.348 e. The zero-order chi connectivity index (χ0) is 11.8. The monoisotopic (exact) mass is 231 g/mol. The average Bonchev–Trinajstić information content (AvgIpc) is 2.38. The number of rotatable bonds is 1. The van der Waals surface area contributed by atoms with E-state index in [9.17, 15) is 4.79 Å². The molecule has 4 nitrogen and oxygen atoms in total. The topological polar surface area (TPSA) is 44.4 Å². The number of anilines is 1. The number of hydrogen-bond acceptors (Lipinski definition) is 3. The summed E-state index contributed by atoms with van der Waals surface area (Å²) in [5, 5.41) is 6.38. The van der Waals surface area contributed by atoms with Gasteiger partial charge in [-0.05, 0) is 18.1 Å². The van der Waals surface area contributed by atoms with E-state index < -0.39 is 0 Å². The fourth-order valence-corrected chi connectivity index (χ4v) is 2.73. The van der Waals surface area contributed by atoms with Crippen LogP contribution >= 0.6 is 0 Å². The van der Waals surface area contributed by atoms with E-state index in [0.29, 0.717) is 0 Å². The molecule has 1 aromatic rings. The molecule has 0 saturated carbocycles. The quantitative estimate of drug-likeness (QED) is 0.749. The maximum absolute atomic E-state index is 12.2. The van der Waals surface area contributed by atoms with Crippen LogP contribution in [0, 0.1) is 0 Å². The summed E-state index contributed by atoms with van der Waals surface area (Å²) in [7, 11) is 0. The van der Waals surface area contributed by atoms with Crippen LogP contribution in [0.2, 0.25) is 0 Å². The van der Waals surface area contributed by atoms with Gasteiger partial charge < -0.3 is 15.5 Å². The minimum atomic E-state index is 0.0717. The second kappa shape index (κ2) is 4.04. The second-order valence-electron chi connectivity index (χ2n) is 4.55. The molecule has 1 saturated heterocycles. The van der Waals surface area contributed by atoms with Crippen LogP contribution in [0.15, 0.2) is 18.2 Å². The number of carbonyl (C=O) groups is 1.